The fourth-order valence-corrected chi connectivity index (χ4v) is 3.62. The molecule has 0 aliphatic heterocycles. The molecule has 2 atom stereocenters. The monoisotopic (exact) mass is 352 g/mol. The first kappa shape index (κ1) is 18.4. The Bertz CT molecular complexity index is 685. The summed E-state index contributed by atoms with van der Waals surface area (Å²) in [5.74, 6) is 0.280. The number of nitrogens with one attached hydrogen (secondary N) is 2. The minimum Gasteiger partial charge on any atom is -0.326 e. The van der Waals surface area contributed by atoms with Crippen molar-refractivity contribution >= 4 is 23.2 Å². The van der Waals surface area contributed by atoms with Crippen molar-refractivity contribution in [2.75, 3.05) is 10.6 Å². The lowest BCUT2D eigenvalue weighted by molar-refractivity contribution is -0.120. The van der Waals surface area contributed by atoms with Gasteiger partial charge in [-0.2, -0.15) is 0 Å². The first-order chi connectivity index (χ1) is 12.5. The summed E-state index contributed by atoms with van der Waals surface area (Å²) in [6.45, 7) is 3.93. The van der Waals surface area contributed by atoms with E-state index in [1.165, 1.54) is 0 Å². The summed E-state index contributed by atoms with van der Waals surface area (Å²) in [5.41, 5.74) is 3.60. The number of rotatable bonds is 4. The van der Waals surface area contributed by atoms with Gasteiger partial charge in [0.2, 0.25) is 11.8 Å². The molecule has 4 nitrogen and oxygen atoms in total. The number of amides is 2. The minimum absolute atomic E-state index is 0.0541. The molecule has 0 heterocycles. The van der Waals surface area contributed by atoms with Crippen molar-refractivity contribution in [3.05, 3.63) is 47.6 Å². The summed E-state index contributed by atoms with van der Waals surface area (Å²) < 4.78 is 0. The van der Waals surface area contributed by atoms with Crippen molar-refractivity contribution in [1.82, 2.24) is 0 Å². The van der Waals surface area contributed by atoms with Gasteiger partial charge in [0.05, 0.1) is 0 Å². The third-order valence-electron chi connectivity index (χ3n) is 5.37. The molecule has 1 aromatic rings. The lowest BCUT2D eigenvalue weighted by Gasteiger charge is -2.21. The predicted molar refractivity (Wildman–Crippen MR) is 106 cm³/mol. The number of hydrogen-bond acceptors (Lipinski definition) is 2. The molecule has 2 N–H and O–H groups in total. The highest BCUT2D eigenvalue weighted by Crippen LogP contribution is 2.28. The summed E-state index contributed by atoms with van der Waals surface area (Å²) >= 11 is 0. The van der Waals surface area contributed by atoms with Gasteiger partial charge in [-0.15, -0.1) is 0 Å². The van der Waals surface area contributed by atoms with Crippen LogP contribution < -0.4 is 10.6 Å². The van der Waals surface area contributed by atoms with Gasteiger partial charge in [0.25, 0.3) is 0 Å². The summed E-state index contributed by atoms with van der Waals surface area (Å²) in [4.78, 5) is 25.0. The zero-order valence-corrected chi connectivity index (χ0v) is 15.7. The van der Waals surface area contributed by atoms with Crippen LogP contribution in [0, 0.1) is 25.7 Å². The summed E-state index contributed by atoms with van der Waals surface area (Å²) in [7, 11) is 0. The first-order valence-corrected chi connectivity index (χ1v) is 9.57. The number of anilines is 2. The van der Waals surface area contributed by atoms with Crippen LogP contribution in [0.15, 0.2) is 36.4 Å². The molecule has 2 aliphatic rings. The van der Waals surface area contributed by atoms with Crippen LogP contribution in [0.5, 0.6) is 0 Å². The second-order valence-corrected chi connectivity index (χ2v) is 7.42. The summed E-state index contributed by atoms with van der Waals surface area (Å²) in [6, 6.07) is 3.92. The van der Waals surface area contributed by atoms with Gasteiger partial charge >= 0.3 is 0 Å². The molecule has 0 saturated carbocycles. The van der Waals surface area contributed by atoms with Crippen LogP contribution in [0.2, 0.25) is 0 Å². The smallest absolute Gasteiger partial charge is 0.227 e. The molecule has 0 fully saturated rings. The lowest BCUT2D eigenvalue weighted by atomic mass is 9.93. The largest absolute Gasteiger partial charge is 0.326 e. The van der Waals surface area contributed by atoms with Gasteiger partial charge in [-0.25, -0.2) is 0 Å². The molecule has 0 spiro atoms. The van der Waals surface area contributed by atoms with Gasteiger partial charge in [0.1, 0.15) is 0 Å². The highest BCUT2D eigenvalue weighted by molar-refractivity contribution is 5.96. The SMILES string of the molecule is Cc1cc(NC(=O)[C@H]2CC=CCC2)c(C)cc1NC(=O)[C@@H]1CC=CCC1. The number of carbonyl (C=O) groups excluding carboxylic acids is 2. The Morgan fingerprint density at radius 1 is 0.769 bits per heavy atom. The van der Waals surface area contributed by atoms with E-state index in [4.69, 9.17) is 0 Å². The lowest BCUT2D eigenvalue weighted by Crippen LogP contribution is -2.25. The van der Waals surface area contributed by atoms with Gasteiger partial charge < -0.3 is 10.6 Å². The molecule has 0 unspecified atom stereocenters. The van der Waals surface area contributed by atoms with Crippen molar-refractivity contribution in [3.8, 4) is 0 Å². The molecule has 3 rings (SSSR count). The number of allylic oxidation sites excluding steroid dienone is 4. The topological polar surface area (TPSA) is 58.2 Å². The van der Waals surface area contributed by atoms with E-state index in [1.54, 1.807) is 0 Å². The summed E-state index contributed by atoms with van der Waals surface area (Å²) in [5, 5.41) is 6.14. The number of aryl methyl sites for hydroxylation is 2. The molecule has 1 aromatic carbocycles. The Labute approximate surface area is 155 Å². The number of hydrogen-bond donors (Lipinski definition) is 2. The quantitative estimate of drug-likeness (QED) is 0.758. The normalized spacial score (nSPS) is 22.1. The van der Waals surface area contributed by atoms with Crippen LogP contribution in [-0.2, 0) is 9.59 Å². The predicted octanol–water partition coefficient (Wildman–Crippen LogP) is 4.89. The third kappa shape index (κ3) is 4.43. The number of carbonyl (C=O) groups is 2. The third-order valence-corrected chi connectivity index (χ3v) is 5.37. The standard InChI is InChI=1S/C22H28N2O2/c1-15-13-20(24-22(26)18-11-7-4-8-12-18)16(2)14-19(15)23-21(25)17-9-5-3-6-10-17/h3-5,7,13-14,17-18H,6,8-12H2,1-2H3,(H,23,25)(H,24,26)/t17-,18+. The Kier molecular flexibility index (Phi) is 5.92. The molecule has 0 radical (unpaired) electrons. The minimum atomic E-state index is 0.0541. The molecule has 2 amide bonds. The molecular formula is C22H28N2O2. The van der Waals surface area contributed by atoms with Gasteiger partial charge in [-0.1, -0.05) is 24.3 Å². The highest BCUT2D eigenvalue weighted by atomic mass is 16.2. The Balaban J connectivity index is 1.67. The van der Waals surface area contributed by atoms with E-state index < -0.39 is 0 Å². The van der Waals surface area contributed by atoms with Crippen LogP contribution in [-0.4, -0.2) is 11.8 Å². The Morgan fingerprint density at radius 3 is 1.54 bits per heavy atom. The average Bonchev–Trinajstić information content (AvgIpc) is 2.67. The molecule has 26 heavy (non-hydrogen) atoms. The second kappa shape index (κ2) is 8.35. The van der Waals surface area contributed by atoms with E-state index >= 15 is 0 Å². The van der Waals surface area contributed by atoms with Crippen molar-refractivity contribution in [1.29, 1.82) is 0 Å². The van der Waals surface area contributed by atoms with Gasteiger partial charge in [-0.05, 0) is 75.6 Å². The van der Waals surface area contributed by atoms with Crippen LogP contribution in [0.4, 0.5) is 11.4 Å². The van der Waals surface area contributed by atoms with Crippen LogP contribution in [0.25, 0.3) is 0 Å². The first-order valence-electron chi connectivity index (χ1n) is 9.57. The maximum absolute atomic E-state index is 12.5. The van der Waals surface area contributed by atoms with Gasteiger partial charge in [0, 0.05) is 23.2 Å². The van der Waals surface area contributed by atoms with Crippen molar-refractivity contribution in [3.63, 3.8) is 0 Å². The maximum atomic E-state index is 12.5. The maximum Gasteiger partial charge on any atom is 0.227 e. The molecule has 0 aromatic heterocycles. The average molecular weight is 352 g/mol. The van der Waals surface area contributed by atoms with E-state index in [-0.39, 0.29) is 23.7 Å². The van der Waals surface area contributed by atoms with E-state index in [0.717, 1.165) is 61.0 Å². The highest BCUT2D eigenvalue weighted by Gasteiger charge is 2.21. The molecule has 138 valence electrons. The number of benzene rings is 1. The molecule has 4 heteroatoms. The van der Waals surface area contributed by atoms with Crippen molar-refractivity contribution < 1.29 is 9.59 Å². The second-order valence-electron chi connectivity index (χ2n) is 7.42. The molecule has 2 aliphatic carbocycles. The van der Waals surface area contributed by atoms with Gasteiger partial charge in [0.15, 0.2) is 0 Å². The zero-order valence-electron chi connectivity index (χ0n) is 15.7. The fourth-order valence-electron chi connectivity index (χ4n) is 3.62. The fraction of sp³-hybridized carbons (Fsp3) is 0.455. The molecular weight excluding hydrogens is 324 g/mol. The zero-order chi connectivity index (χ0) is 18.5. The van der Waals surface area contributed by atoms with Crippen LogP contribution in [0.3, 0.4) is 0 Å². The van der Waals surface area contributed by atoms with Crippen LogP contribution in [0.1, 0.15) is 49.7 Å². The van der Waals surface area contributed by atoms with E-state index in [0.29, 0.717) is 0 Å². The molecule has 0 saturated heterocycles. The van der Waals surface area contributed by atoms with Crippen molar-refractivity contribution in [2.24, 2.45) is 11.8 Å². The van der Waals surface area contributed by atoms with E-state index in [9.17, 15) is 9.59 Å². The molecule has 0 bridgehead atoms. The van der Waals surface area contributed by atoms with Gasteiger partial charge in [-0.3, -0.25) is 9.59 Å². The Hall–Kier alpha value is -2.36. The van der Waals surface area contributed by atoms with Crippen molar-refractivity contribution in [2.45, 2.75) is 52.4 Å². The Morgan fingerprint density at radius 2 is 1.19 bits per heavy atom. The van der Waals surface area contributed by atoms with Crippen LogP contribution >= 0.6 is 0 Å². The summed E-state index contributed by atoms with van der Waals surface area (Å²) in [6.07, 6.45) is 13.8. The van der Waals surface area contributed by atoms with E-state index in [1.807, 2.05) is 26.0 Å². The van der Waals surface area contributed by atoms with E-state index in [2.05, 4.69) is 34.9 Å².